The van der Waals surface area contributed by atoms with E-state index in [2.05, 4.69) is 17.4 Å². The molecule has 3 heteroatoms. The van der Waals surface area contributed by atoms with Gasteiger partial charge in [0.15, 0.2) is 0 Å². The normalized spacial score (nSPS) is 10.2. The Morgan fingerprint density at radius 1 is 0.800 bits per heavy atom. The first-order valence-corrected chi connectivity index (χ1v) is 8.40. The van der Waals surface area contributed by atoms with Crippen LogP contribution in [0.15, 0.2) is 84.9 Å². The number of ether oxygens (including phenoxy) is 1. The molecule has 3 rings (SSSR count). The molecule has 0 bridgehead atoms. The van der Waals surface area contributed by atoms with Gasteiger partial charge in [-0.1, -0.05) is 66.7 Å². The van der Waals surface area contributed by atoms with Gasteiger partial charge in [-0.3, -0.25) is 4.79 Å². The molecule has 0 spiro atoms. The van der Waals surface area contributed by atoms with Crippen molar-refractivity contribution < 1.29 is 9.53 Å². The van der Waals surface area contributed by atoms with E-state index >= 15 is 0 Å². The first kappa shape index (κ1) is 16.8. The average Bonchev–Trinajstić information content (AvgIpc) is 2.68. The second-order valence-electron chi connectivity index (χ2n) is 5.79. The van der Waals surface area contributed by atoms with E-state index in [1.165, 1.54) is 5.56 Å². The van der Waals surface area contributed by atoms with Gasteiger partial charge in [0, 0.05) is 12.1 Å². The van der Waals surface area contributed by atoms with E-state index in [-0.39, 0.29) is 5.91 Å². The molecule has 0 aliphatic rings. The number of amides is 1. The number of rotatable bonds is 7. The number of hydrogen-bond donors (Lipinski definition) is 1. The molecule has 126 valence electrons. The summed E-state index contributed by atoms with van der Waals surface area (Å²) >= 11 is 0. The third-order valence-corrected chi connectivity index (χ3v) is 3.89. The summed E-state index contributed by atoms with van der Waals surface area (Å²) in [7, 11) is 0. The fourth-order valence-electron chi connectivity index (χ4n) is 2.54. The summed E-state index contributed by atoms with van der Waals surface area (Å²) in [4.78, 5) is 12.3. The number of hydrogen-bond acceptors (Lipinski definition) is 2. The molecule has 0 aromatic heterocycles. The highest BCUT2D eigenvalue weighted by Crippen LogP contribution is 2.15. The van der Waals surface area contributed by atoms with Gasteiger partial charge in [-0.15, -0.1) is 0 Å². The van der Waals surface area contributed by atoms with E-state index in [4.69, 9.17) is 4.74 Å². The largest absolute Gasteiger partial charge is 0.489 e. The summed E-state index contributed by atoms with van der Waals surface area (Å²) in [5.74, 6) is 0.612. The van der Waals surface area contributed by atoms with Crippen LogP contribution in [0.2, 0.25) is 0 Å². The summed E-state index contributed by atoms with van der Waals surface area (Å²) < 4.78 is 5.78. The zero-order valence-corrected chi connectivity index (χ0v) is 14.0. The highest BCUT2D eigenvalue weighted by atomic mass is 16.5. The summed E-state index contributed by atoms with van der Waals surface area (Å²) in [5.41, 5.74) is 2.92. The van der Waals surface area contributed by atoms with Crippen molar-refractivity contribution in [3.63, 3.8) is 0 Å². The Morgan fingerprint density at radius 3 is 2.20 bits per heavy atom. The lowest BCUT2D eigenvalue weighted by molar-refractivity contribution is 0.0953. The van der Waals surface area contributed by atoms with Gasteiger partial charge in [-0.05, 0) is 35.7 Å². The highest BCUT2D eigenvalue weighted by molar-refractivity contribution is 5.94. The van der Waals surface area contributed by atoms with E-state index in [9.17, 15) is 4.79 Å². The molecule has 0 saturated carbocycles. The molecule has 0 atom stereocenters. The van der Waals surface area contributed by atoms with Crippen LogP contribution < -0.4 is 10.1 Å². The third kappa shape index (κ3) is 5.21. The molecule has 3 nitrogen and oxygen atoms in total. The van der Waals surface area contributed by atoms with Gasteiger partial charge in [0.25, 0.3) is 5.91 Å². The van der Waals surface area contributed by atoms with Crippen LogP contribution in [-0.2, 0) is 13.0 Å². The van der Waals surface area contributed by atoms with Crippen molar-refractivity contribution in [1.82, 2.24) is 5.32 Å². The van der Waals surface area contributed by atoms with Crippen LogP contribution in [0.25, 0.3) is 0 Å². The number of carbonyl (C=O) groups excluding carboxylic acids is 1. The Balaban J connectivity index is 1.52. The average molecular weight is 331 g/mol. The first-order valence-electron chi connectivity index (χ1n) is 8.40. The molecule has 0 unspecified atom stereocenters. The van der Waals surface area contributed by atoms with E-state index < -0.39 is 0 Å². The number of nitrogens with one attached hydrogen (secondary N) is 1. The van der Waals surface area contributed by atoms with E-state index in [1.807, 2.05) is 60.7 Å². The third-order valence-electron chi connectivity index (χ3n) is 3.89. The molecule has 1 N–H and O–H groups in total. The SMILES string of the molecule is O=C(NCCc1ccccc1)c1cccc(OCc2ccccc2)c1. The minimum absolute atomic E-state index is 0.0823. The molecule has 0 aliphatic carbocycles. The molecule has 25 heavy (non-hydrogen) atoms. The van der Waals surface area contributed by atoms with Crippen LogP contribution in [0.4, 0.5) is 0 Å². The Kier molecular flexibility index (Phi) is 5.83. The van der Waals surface area contributed by atoms with Crippen molar-refractivity contribution in [2.45, 2.75) is 13.0 Å². The molecule has 0 heterocycles. The minimum atomic E-state index is -0.0823. The highest BCUT2D eigenvalue weighted by Gasteiger charge is 2.06. The van der Waals surface area contributed by atoms with Gasteiger partial charge in [0.2, 0.25) is 0 Å². The molecular weight excluding hydrogens is 310 g/mol. The number of benzene rings is 3. The predicted molar refractivity (Wildman–Crippen MR) is 99.7 cm³/mol. The van der Waals surface area contributed by atoms with E-state index in [1.54, 1.807) is 12.1 Å². The van der Waals surface area contributed by atoms with Crippen LogP contribution in [-0.4, -0.2) is 12.5 Å². The maximum atomic E-state index is 12.3. The van der Waals surface area contributed by atoms with Gasteiger partial charge >= 0.3 is 0 Å². The Morgan fingerprint density at radius 2 is 1.48 bits per heavy atom. The summed E-state index contributed by atoms with van der Waals surface area (Å²) in [5, 5.41) is 2.95. The summed E-state index contributed by atoms with van der Waals surface area (Å²) in [6, 6.07) is 27.4. The molecule has 1 amide bonds. The van der Waals surface area contributed by atoms with Gasteiger partial charge in [0.05, 0.1) is 0 Å². The zero-order valence-electron chi connectivity index (χ0n) is 14.0. The predicted octanol–water partition coefficient (Wildman–Crippen LogP) is 4.24. The molecule has 3 aromatic rings. The second-order valence-corrected chi connectivity index (χ2v) is 5.79. The Labute approximate surface area is 148 Å². The van der Waals surface area contributed by atoms with Crippen molar-refractivity contribution in [3.8, 4) is 5.75 Å². The summed E-state index contributed by atoms with van der Waals surface area (Å²) in [6.45, 7) is 1.10. The molecule has 3 aromatic carbocycles. The van der Waals surface area contributed by atoms with Gasteiger partial charge in [-0.25, -0.2) is 0 Å². The fraction of sp³-hybridized carbons (Fsp3) is 0.136. The quantitative estimate of drug-likeness (QED) is 0.703. The molecule has 0 fully saturated rings. The van der Waals surface area contributed by atoms with Crippen LogP contribution in [0.1, 0.15) is 21.5 Å². The van der Waals surface area contributed by atoms with Crippen molar-refractivity contribution in [2.24, 2.45) is 0 Å². The number of carbonyl (C=O) groups is 1. The lowest BCUT2D eigenvalue weighted by atomic mass is 10.1. The smallest absolute Gasteiger partial charge is 0.251 e. The van der Waals surface area contributed by atoms with Gasteiger partial charge < -0.3 is 10.1 Å². The Hall–Kier alpha value is -3.07. The summed E-state index contributed by atoms with van der Waals surface area (Å²) in [6.07, 6.45) is 0.816. The molecule has 0 saturated heterocycles. The molecule has 0 aliphatic heterocycles. The maximum absolute atomic E-state index is 12.3. The van der Waals surface area contributed by atoms with Crippen LogP contribution in [0, 0.1) is 0 Å². The van der Waals surface area contributed by atoms with Crippen molar-refractivity contribution in [1.29, 1.82) is 0 Å². The maximum Gasteiger partial charge on any atom is 0.251 e. The van der Waals surface area contributed by atoms with Crippen LogP contribution in [0.3, 0.4) is 0 Å². The lowest BCUT2D eigenvalue weighted by Gasteiger charge is -2.09. The van der Waals surface area contributed by atoms with Gasteiger partial charge in [0.1, 0.15) is 12.4 Å². The lowest BCUT2D eigenvalue weighted by Crippen LogP contribution is -2.25. The molecule has 0 radical (unpaired) electrons. The monoisotopic (exact) mass is 331 g/mol. The standard InChI is InChI=1S/C22H21NO2/c24-22(23-15-14-18-8-3-1-4-9-18)20-12-7-13-21(16-20)25-17-19-10-5-2-6-11-19/h1-13,16H,14-15,17H2,(H,23,24). The Bertz CT molecular complexity index is 801. The van der Waals surface area contributed by atoms with E-state index in [0.29, 0.717) is 24.5 Å². The minimum Gasteiger partial charge on any atom is -0.489 e. The zero-order chi connectivity index (χ0) is 17.3. The van der Waals surface area contributed by atoms with E-state index in [0.717, 1.165) is 12.0 Å². The van der Waals surface area contributed by atoms with Crippen molar-refractivity contribution >= 4 is 5.91 Å². The first-order chi connectivity index (χ1) is 12.3. The van der Waals surface area contributed by atoms with Crippen molar-refractivity contribution in [3.05, 3.63) is 102 Å². The van der Waals surface area contributed by atoms with Gasteiger partial charge in [-0.2, -0.15) is 0 Å². The second kappa shape index (κ2) is 8.69. The van der Waals surface area contributed by atoms with Crippen LogP contribution >= 0.6 is 0 Å². The topological polar surface area (TPSA) is 38.3 Å². The van der Waals surface area contributed by atoms with Crippen LogP contribution in [0.5, 0.6) is 5.75 Å². The fourth-order valence-corrected chi connectivity index (χ4v) is 2.54. The van der Waals surface area contributed by atoms with Crippen molar-refractivity contribution in [2.75, 3.05) is 6.54 Å². The molecular formula is C22H21NO2.